The molecule has 0 unspecified atom stereocenters. The van der Waals surface area contributed by atoms with Crippen LogP contribution in [-0.2, 0) is 14.3 Å². The Morgan fingerprint density at radius 2 is 2.11 bits per heavy atom. The maximum Gasteiger partial charge on any atom is 0.471 e. The van der Waals surface area contributed by atoms with E-state index in [0.29, 0.717) is 0 Å². The monoisotopic (exact) mass is 263 g/mol. The van der Waals surface area contributed by atoms with E-state index in [0.717, 1.165) is 13.2 Å². The van der Waals surface area contributed by atoms with Crippen molar-refractivity contribution in [2.45, 2.75) is 6.18 Å². The third-order valence-electron chi connectivity index (χ3n) is 1.74. The minimum absolute atomic E-state index is 0.0953. The Labute approximate surface area is 99.2 Å². The molecule has 0 aliphatic carbocycles. The fourth-order valence-electron chi connectivity index (χ4n) is 0.965. The fraction of sp³-hybridized carbons (Fsp3) is 0.200. The van der Waals surface area contributed by atoms with E-state index in [9.17, 15) is 22.8 Å². The summed E-state index contributed by atoms with van der Waals surface area (Å²) in [6.07, 6.45) is -2.92. The van der Waals surface area contributed by atoms with Gasteiger partial charge in [-0.05, 0) is 12.1 Å². The van der Waals surface area contributed by atoms with Gasteiger partial charge in [0.05, 0.1) is 13.4 Å². The number of amides is 1. The van der Waals surface area contributed by atoms with Crippen LogP contribution in [0.25, 0.3) is 6.08 Å². The van der Waals surface area contributed by atoms with Crippen LogP contribution in [-0.4, -0.2) is 25.2 Å². The lowest BCUT2D eigenvalue weighted by Crippen LogP contribution is -2.38. The highest BCUT2D eigenvalue weighted by Gasteiger charge is 2.39. The lowest BCUT2D eigenvalue weighted by atomic mass is 10.3. The molecule has 18 heavy (non-hydrogen) atoms. The number of halogens is 3. The average Bonchev–Trinajstić information content (AvgIpc) is 2.78. The van der Waals surface area contributed by atoms with Crippen LogP contribution in [0.15, 0.2) is 28.5 Å². The molecule has 0 fully saturated rings. The number of rotatable bonds is 3. The minimum Gasteiger partial charge on any atom is -0.465 e. The first-order chi connectivity index (χ1) is 8.34. The number of alkyl halides is 3. The van der Waals surface area contributed by atoms with Crippen LogP contribution >= 0.6 is 0 Å². The zero-order chi connectivity index (χ0) is 13.8. The van der Waals surface area contributed by atoms with Crippen LogP contribution < -0.4 is 5.32 Å². The molecule has 1 N–H and O–H groups in total. The summed E-state index contributed by atoms with van der Waals surface area (Å²) >= 11 is 0. The van der Waals surface area contributed by atoms with Gasteiger partial charge in [0, 0.05) is 6.08 Å². The minimum atomic E-state index is -5.10. The highest BCUT2D eigenvalue weighted by Crippen LogP contribution is 2.16. The second-order valence-corrected chi connectivity index (χ2v) is 3.02. The van der Waals surface area contributed by atoms with E-state index in [1.807, 2.05) is 0 Å². The normalized spacial score (nSPS) is 12.1. The van der Waals surface area contributed by atoms with E-state index in [2.05, 4.69) is 4.74 Å². The summed E-state index contributed by atoms with van der Waals surface area (Å²) in [6.45, 7) is 0. The van der Waals surface area contributed by atoms with Crippen LogP contribution in [0.3, 0.4) is 0 Å². The summed E-state index contributed by atoms with van der Waals surface area (Å²) in [5, 5.41) is 1.41. The molecule has 8 heteroatoms. The van der Waals surface area contributed by atoms with Crippen LogP contribution in [0.4, 0.5) is 13.2 Å². The van der Waals surface area contributed by atoms with Crippen LogP contribution in [0, 0.1) is 0 Å². The number of hydrogen-bond acceptors (Lipinski definition) is 4. The van der Waals surface area contributed by atoms with Gasteiger partial charge in [0.2, 0.25) is 0 Å². The number of hydrogen-bond donors (Lipinski definition) is 1. The van der Waals surface area contributed by atoms with Crippen molar-refractivity contribution < 1.29 is 31.9 Å². The third kappa shape index (κ3) is 3.65. The van der Waals surface area contributed by atoms with E-state index in [1.54, 1.807) is 0 Å². The van der Waals surface area contributed by atoms with Gasteiger partial charge in [-0.15, -0.1) is 0 Å². The Hall–Kier alpha value is -2.25. The van der Waals surface area contributed by atoms with Crippen molar-refractivity contribution in [3.05, 3.63) is 29.9 Å². The Balaban J connectivity index is 2.94. The number of carbonyl (C=O) groups excluding carboxylic acids is 2. The lowest BCUT2D eigenvalue weighted by Gasteiger charge is -2.09. The largest absolute Gasteiger partial charge is 0.471 e. The Kier molecular flexibility index (Phi) is 4.13. The number of carbonyl (C=O) groups is 2. The summed E-state index contributed by atoms with van der Waals surface area (Å²) in [5.74, 6) is -3.30. The highest BCUT2D eigenvalue weighted by molar-refractivity contribution is 5.98. The molecule has 1 aromatic heterocycles. The zero-order valence-corrected chi connectivity index (χ0v) is 9.08. The van der Waals surface area contributed by atoms with Crippen molar-refractivity contribution >= 4 is 18.0 Å². The lowest BCUT2D eigenvalue weighted by molar-refractivity contribution is -0.173. The first-order valence-corrected chi connectivity index (χ1v) is 4.56. The number of esters is 1. The maximum absolute atomic E-state index is 12.0. The topological polar surface area (TPSA) is 68.5 Å². The third-order valence-corrected chi connectivity index (χ3v) is 1.74. The Morgan fingerprint density at radius 1 is 1.44 bits per heavy atom. The second-order valence-electron chi connectivity index (χ2n) is 3.02. The van der Waals surface area contributed by atoms with Gasteiger partial charge in [-0.1, -0.05) is 0 Å². The SMILES string of the molecule is COC(=O)/C(=C/c1ccco1)NC(=O)C(F)(F)F. The molecule has 0 aromatic carbocycles. The van der Waals surface area contributed by atoms with Crippen LogP contribution in [0.1, 0.15) is 5.76 Å². The van der Waals surface area contributed by atoms with E-state index >= 15 is 0 Å². The smallest absolute Gasteiger partial charge is 0.465 e. The van der Waals surface area contributed by atoms with E-state index in [4.69, 9.17) is 4.42 Å². The summed E-state index contributed by atoms with van der Waals surface area (Å²) in [5.41, 5.74) is -0.672. The van der Waals surface area contributed by atoms with Gasteiger partial charge in [0.15, 0.2) is 0 Å². The molecule has 1 heterocycles. The number of methoxy groups -OCH3 is 1. The predicted molar refractivity (Wildman–Crippen MR) is 52.9 cm³/mol. The maximum atomic E-state index is 12.0. The molecule has 0 atom stereocenters. The predicted octanol–water partition coefficient (Wildman–Crippen LogP) is 1.47. The summed E-state index contributed by atoms with van der Waals surface area (Å²) in [7, 11) is 0.970. The van der Waals surface area contributed by atoms with Crippen LogP contribution in [0.5, 0.6) is 0 Å². The molecule has 1 amide bonds. The van der Waals surface area contributed by atoms with Crippen molar-refractivity contribution in [1.82, 2.24) is 5.32 Å². The van der Waals surface area contributed by atoms with Crippen molar-refractivity contribution in [3.8, 4) is 0 Å². The highest BCUT2D eigenvalue weighted by atomic mass is 19.4. The van der Waals surface area contributed by atoms with Gasteiger partial charge in [-0.3, -0.25) is 4.79 Å². The molecular weight excluding hydrogens is 255 g/mol. The molecule has 0 saturated carbocycles. The number of nitrogens with one attached hydrogen (secondary N) is 1. The molecule has 5 nitrogen and oxygen atoms in total. The molecule has 0 bridgehead atoms. The van der Waals surface area contributed by atoms with Gasteiger partial charge in [0.1, 0.15) is 11.5 Å². The first kappa shape index (κ1) is 13.8. The average molecular weight is 263 g/mol. The van der Waals surface area contributed by atoms with Gasteiger partial charge in [0.25, 0.3) is 0 Å². The molecular formula is C10H8F3NO4. The van der Waals surface area contributed by atoms with E-state index in [-0.39, 0.29) is 5.76 Å². The van der Waals surface area contributed by atoms with Crippen molar-refractivity contribution in [1.29, 1.82) is 0 Å². The number of furan rings is 1. The fourth-order valence-corrected chi connectivity index (χ4v) is 0.965. The van der Waals surface area contributed by atoms with E-state index in [1.165, 1.54) is 23.7 Å². The molecule has 0 radical (unpaired) electrons. The van der Waals surface area contributed by atoms with Crippen molar-refractivity contribution in [3.63, 3.8) is 0 Å². The molecule has 0 saturated heterocycles. The Bertz CT molecular complexity index is 462. The molecule has 0 spiro atoms. The van der Waals surface area contributed by atoms with Gasteiger partial charge in [-0.2, -0.15) is 13.2 Å². The van der Waals surface area contributed by atoms with E-state index < -0.39 is 23.7 Å². The first-order valence-electron chi connectivity index (χ1n) is 4.56. The zero-order valence-electron chi connectivity index (χ0n) is 9.08. The van der Waals surface area contributed by atoms with Gasteiger partial charge < -0.3 is 14.5 Å². The Morgan fingerprint density at radius 3 is 2.56 bits per heavy atom. The van der Waals surface area contributed by atoms with Crippen LogP contribution in [0.2, 0.25) is 0 Å². The molecule has 1 rings (SSSR count). The molecule has 0 aliphatic rings. The summed E-state index contributed by atoms with van der Waals surface area (Å²) in [6, 6.07) is 2.86. The standard InChI is InChI=1S/C10H8F3NO4/c1-17-8(15)7(5-6-3-2-4-18-6)14-9(16)10(11,12)13/h2-5H,1H3,(H,14,16)/b7-5-. The summed E-state index contributed by atoms with van der Waals surface area (Å²) < 4.78 is 45.2. The van der Waals surface area contributed by atoms with Gasteiger partial charge in [-0.25, -0.2) is 4.79 Å². The molecule has 98 valence electrons. The quantitative estimate of drug-likeness (QED) is 0.662. The van der Waals surface area contributed by atoms with Gasteiger partial charge >= 0.3 is 18.1 Å². The van der Waals surface area contributed by atoms with Crippen molar-refractivity contribution in [2.75, 3.05) is 7.11 Å². The molecule has 1 aromatic rings. The van der Waals surface area contributed by atoms with Crippen molar-refractivity contribution in [2.24, 2.45) is 0 Å². The second kappa shape index (κ2) is 5.39. The molecule has 0 aliphatic heterocycles. The number of ether oxygens (including phenoxy) is 1. The summed E-state index contributed by atoms with van der Waals surface area (Å²) in [4.78, 5) is 21.9.